The van der Waals surface area contributed by atoms with Gasteiger partial charge in [0, 0.05) is 48.6 Å². The monoisotopic (exact) mass is 527 g/mol. The van der Waals surface area contributed by atoms with Crippen molar-refractivity contribution in [3.8, 4) is 17.1 Å². The lowest BCUT2D eigenvalue weighted by Crippen LogP contribution is -2.61. The fourth-order valence-electron chi connectivity index (χ4n) is 5.53. The number of alkyl halides is 2. The van der Waals surface area contributed by atoms with Gasteiger partial charge in [-0.25, -0.2) is 4.98 Å². The number of nitro groups is 1. The van der Waals surface area contributed by atoms with Crippen molar-refractivity contribution in [1.82, 2.24) is 10.3 Å². The maximum atomic E-state index is 12.5. The van der Waals surface area contributed by atoms with Crippen molar-refractivity contribution in [2.75, 3.05) is 18.0 Å². The number of ether oxygens (including phenoxy) is 1. The van der Waals surface area contributed by atoms with Gasteiger partial charge in [-0.1, -0.05) is 12.8 Å². The number of oxazole rings is 1. The zero-order chi connectivity index (χ0) is 26.7. The average Bonchev–Trinajstić information content (AvgIpc) is 3.42. The normalized spacial score (nSPS) is 23.9. The van der Waals surface area contributed by atoms with Gasteiger partial charge in [0.05, 0.1) is 11.1 Å². The van der Waals surface area contributed by atoms with Crippen LogP contribution in [0.25, 0.3) is 11.3 Å². The Balaban J connectivity index is 1.28. The van der Waals surface area contributed by atoms with Crippen LogP contribution in [-0.4, -0.2) is 41.7 Å². The molecule has 1 saturated heterocycles. The van der Waals surface area contributed by atoms with Crippen LogP contribution >= 0.6 is 0 Å². The highest BCUT2D eigenvalue weighted by Crippen LogP contribution is 2.37. The first kappa shape index (κ1) is 26.1. The van der Waals surface area contributed by atoms with Crippen LogP contribution in [0.5, 0.6) is 5.75 Å². The molecule has 0 bridgehead atoms. The van der Waals surface area contributed by atoms with E-state index in [1.165, 1.54) is 24.3 Å². The minimum atomic E-state index is -2.88. The summed E-state index contributed by atoms with van der Waals surface area (Å²) in [6, 6.07) is 13.1. The molecule has 1 aliphatic heterocycles. The Bertz CT molecular complexity index is 1240. The number of halogens is 2. The Morgan fingerprint density at radius 3 is 2.61 bits per heavy atom. The molecule has 2 heterocycles. The first-order valence-electron chi connectivity index (χ1n) is 12.9. The van der Waals surface area contributed by atoms with Gasteiger partial charge in [-0.3, -0.25) is 10.1 Å². The zero-order valence-electron chi connectivity index (χ0n) is 20.9. The summed E-state index contributed by atoms with van der Waals surface area (Å²) in [5.74, 6) is 1.05. The van der Waals surface area contributed by atoms with Gasteiger partial charge >= 0.3 is 6.61 Å². The summed E-state index contributed by atoms with van der Waals surface area (Å²) in [5, 5.41) is 14.8. The Hall–Kier alpha value is -3.57. The molecule has 11 heteroatoms. The first-order valence-corrected chi connectivity index (χ1v) is 12.9. The van der Waals surface area contributed by atoms with Crippen LogP contribution in [-0.2, 0) is 5.54 Å². The zero-order valence-corrected chi connectivity index (χ0v) is 20.9. The molecular formula is C27H31F2N5O4. The molecule has 1 saturated carbocycles. The van der Waals surface area contributed by atoms with Crippen LogP contribution in [0.2, 0.25) is 0 Å². The molecule has 2 aromatic carbocycles. The maximum Gasteiger partial charge on any atom is 0.387 e. The molecule has 3 aromatic rings. The van der Waals surface area contributed by atoms with Crippen LogP contribution in [0.1, 0.15) is 44.4 Å². The minimum Gasteiger partial charge on any atom is -0.439 e. The molecule has 38 heavy (non-hydrogen) atoms. The largest absolute Gasteiger partial charge is 0.439 e. The van der Waals surface area contributed by atoms with E-state index in [1.54, 1.807) is 30.5 Å². The van der Waals surface area contributed by atoms with E-state index in [0.29, 0.717) is 17.2 Å². The number of aromatic nitrogens is 1. The number of rotatable bonds is 8. The fraction of sp³-hybridized carbons (Fsp3) is 0.444. The van der Waals surface area contributed by atoms with Gasteiger partial charge in [0.15, 0.2) is 5.76 Å². The van der Waals surface area contributed by atoms with E-state index in [9.17, 15) is 18.9 Å². The third kappa shape index (κ3) is 5.63. The maximum absolute atomic E-state index is 12.5. The Morgan fingerprint density at radius 1 is 1.13 bits per heavy atom. The van der Waals surface area contributed by atoms with Crippen LogP contribution in [0.4, 0.5) is 20.2 Å². The van der Waals surface area contributed by atoms with Crippen molar-refractivity contribution >= 4 is 11.4 Å². The number of non-ortho nitro benzene ring substituents is 1. The van der Waals surface area contributed by atoms with Crippen molar-refractivity contribution in [2.24, 2.45) is 5.73 Å². The van der Waals surface area contributed by atoms with Gasteiger partial charge in [0.2, 0.25) is 5.89 Å². The van der Waals surface area contributed by atoms with E-state index < -0.39 is 12.2 Å². The molecule has 5 rings (SSSR count). The summed E-state index contributed by atoms with van der Waals surface area (Å²) in [5.41, 5.74) is 7.96. The molecule has 0 amide bonds. The van der Waals surface area contributed by atoms with E-state index in [0.717, 1.165) is 57.3 Å². The Kier molecular flexibility index (Phi) is 7.57. The number of anilines is 1. The van der Waals surface area contributed by atoms with Crippen LogP contribution in [0.15, 0.2) is 59.1 Å². The lowest BCUT2D eigenvalue weighted by atomic mass is 9.77. The summed E-state index contributed by atoms with van der Waals surface area (Å²) >= 11 is 0. The fourth-order valence-corrected chi connectivity index (χ4v) is 5.53. The number of hydrogen-bond acceptors (Lipinski definition) is 8. The van der Waals surface area contributed by atoms with Crippen molar-refractivity contribution in [3.05, 3.63) is 70.7 Å². The van der Waals surface area contributed by atoms with E-state index in [-0.39, 0.29) is 28.4 Å². The van der Waals surface area contributed by atoms with Gasteiger partial charge in [0.1, 0.15) is 11.3 Å². The van der Waals surface area contributed by atoms with Crippen molar-refractivity contribution in [1.29, 1.82) is 0 Å². The van der Waals surface area contributed by atoms with E-state index in [1.807, 2.05) is 0 Å². The average molecular weight is 528 g/mol. The number of hydrogen-bond donors (Lipinski definition) is 2. The molecule has 202 valence electrons. The quantitative estimate of drug-likeness (QED) is 0.303. The lowest BCUT2D eigenvalue weighted by molar-refractivity contribution is -0.384. The molecule has 0 radical (unpaired) electrons. The second kappa shape index (κ2) is 11.0. The predicted molar refractivity (Wildman–Crippen MR) is 138 cm³/mol. The van der Waals surface area contributed by atoms with Gasteiger partial charge < -0.3 is 25.1 Å². The summed E-state index contributed by atoms with van der Waals surface area (Å²) in [6.07, 6.45) is 7.25. The molecule has 3 N–H and O–H groups in total. The molecule has 2 unspecified atom stereocenters. The first-order chi connectivity index (χ1) is 18.3. The van der Waals surface area contributed by atoms with Crippen molar-refractivity contribution < 1.29 is 22.9 Å². The third-order valence-corrected chi connectivity index (χ3v) is 7.51. The van der Waals surface area contributed by atoms with Crippen LogP contribution in [0, 0.1) is 10.1 Å². The number of nitrogens with one attached hydrogen (secondary N) is 1. The third-order valence-electron chi connectivity index (χ3n) is 7.51. The number of benzene rings is 2. The second-order valence-corrected chi connectivity index (χ2v) is 10.00. The highest BCUT2D eigenvalue weighted by Gasteiger charge is 2.44. The summed E-state index contributed by atoms with van der Waals surface area (Å²) in [6.45, 7) is -1.22. The van der Waals surface area contributed by atoms with E-state index >= 15 is 0 Å². The molecular weight excluding hydrogens is 496 g/mol. The number of piperidine rings is 1. The molecule has 2 aliphatic rings. The van der Waals surface area contributed by atoms with Gasteiger partial charge in [-0.05, 0) is 62.1 Å². The smallest absolute Gasteiger partial charge is 0.387 e. The summed E-state index contributed by atoms with van der Waals surface area (Å²) in [4.78, 5) is 17.4. The SMILES string of the molecule is N[C@@]1(c2ncc(-c3ccc(OC(F)F)cc3)o2)CCCCC1NC1CCCN(c2ccc([N+](=O)[O-])cc2)C1. The summed E-state index contributed by atoms with van der Waals surface area (Å²) < 4.78 is 35.5. The number of nitrogens with two attached hydrogens (primary N) is 1. The highest BCUT2D eigenvalue weighted by molar-refractivity contribution is 5.57. The van der Waals surface area contributed by atoms with E-state index in [4.69, 9.17) is 10.2 Å². The second-order valence-electron chi connectivity index (χ2n) is 10.00. The predicted octanol–water partition coefficient (Wildman–Crippen LogP) is 5.21. The topological polar surface area (TPSA) is 120 Å². The molecule has 9 nitrogen and oxygen atoms in total. The van der Waals surface area contributed by atoms with Gasteiger partial charge in [0.25, 0.3) is 5.69 Å². The molecule has 0 spiro atoms. The molecule has 1 aliphatic carbocycles. The van der Waals surface area contributed by atoms with Gasteiger partial charge in [-0.2, -0.15) is 8.78 Å². The molecule has 2 fully saturated rings. The number of nitro benzene ring substituents is 1. The molecule has 3 atom stereocenters. The highest BCUT2D eigenvalue weighted by atomic mass is 19.3. The van der Waals surface area contributed by atoms with Crippen molar-refractivity contribution in [2.45, 2.75) is 62.8 Å². The Morgan fingerprint density at radius 2 is 1.89 bits per heavy atom. The summed E-state index contributed by atoms with van der Waals surface area (Å²) in [7, 11) is 0. The minimum absolute atomic E-state index is 0.0358. The molecule has 1 aromatic heterocycles. The number of nitrogens with zero attached hydrogens (tertiary/aromatic N) is 3. The van der Waals surface area contributed by atoms with Gasteiger partial charge in [-0.15, -0.1) is 0 Å². The Labute approximate surface area is 219 Å². The van der Waals surface area contributed by atoms with Crippen molar-refractivity contribution in [3.63, 3.8) is 0 Å². The standard InChI is InChI=1S/C27H31F2N5O4/c28-26(29)37-22-12-6-18(7-13-22)23-16-31-25(38-23)27(30)14-2-1-5-24(27)32-19-4-3-15-33(17-19)20-8-10-21(11-9-20)34(35)36/h6-13,16,19,24,26,32H,1-5,14-15,17,30H2/t19?,24?,27-/m0/s1. The lowest BCUT2D eigenvalue weighted by Gasteiger charge is -2.43. The van der Waals surface area contributed by atoms with E-state index in [2.05, 4.69) is 19.9 Å². The van der Waals surface area contributed by atoms with Crippen LogP contribution in [0.3, 0.4) is 0 Å². The van der Waals surface area contributed by atoms with Crippen LogP contribution < -0.4 is 20.7 Å².